The van der Waals surface area contributed by atoms with Crippen LogP contribution in [0, 0.1) is 6.92 Å². The maximum absolute atomic E-state index is 9.98. The number of anilines is 1. The van der Waals surface area contributed by atoms with Gasteiger partial charge in [-0.1, -0.05) is 24.1 Å². The van der Waals surface area contributed by atoms with E-state index in [1.54, 1.807) is 0 Å². The molecule has 2 N–H and O–H groups in total. The molecule has 0 saturated carbocycles. The molecule has 2 fully saturated rings. The van der Waals surface area contributed by atoms with Crippen LogP contribution in [0.25, 0.3) is 0 Å². The first-order valence-corrected chi connectivity index (χ1v) is 7.43. The van der Waals surface area contributed by atoms with Crippen LogP contribution >= 0.6 is 0 Å². The minimum absolute atomic E-state index is 0.143. The van der Waals surface area contributed by atoms with Crippen molar-refractivity contribution in [2.24, 2.45) is 0 Å². The van der Waals surface area contributed by atoms with Gasteiger partial charge in [-0.25, -0.2) is 0 Å². The molecule has 2 unspecified atom stereocenters. The summed E-state index contributed by atoms with van der Waals surface area (Å²) in [5.41, 5.74) is 2.26. The van der Waals surface area contributed by atoms with Gasteiger partial charge < -0.3 is 10.4 Å². The molecule has 2 atom stereocenters. The normalized spacial score (nSPS) is 31.2. The lowest BCUT2D eigenvalue weighted by Crippen LogP contribution is -2.54. The monoisotopic (exact) mass is 260 g/mol. The average Bonchev–Trinajstić information content (AvgIpc) is 2.81. The van der Waals surface area contributed by atoms with Crippen LogP contribution < -0.4 is 5.32 Å². The van der Waals surface area contributed by atoms with Crippen molar-refractivity contribution >= 4 is 5.69 Å². The first kappa shape index (κ1) is 12.9. The van der Waals surface area contributed by atoms with E-state index in [1.165, 1.54) is 31.4 Å². The lowest BCUT2D eigenvalue weighted by Gasteiger charge is -2.41. The molecule has 1 aromatic carbocycles. The van der Waals surface area contributed by atoms with Crippen LogP contribution in [0.2, 0.25) is 0 Å². The number of nitrogens with one attached hydrogen (secondary N) is 1. The van der Waals surface area contributed by atoms with Gasteiger partial charge in [-0.3, -0.25) is 4.90 Å². The molecule has 19 heavy (non-hydrogen) atoms. The Morgan fingerprint density at radius 3 is 2.79 bits per heavy atom. The summed E-state index contributed by atoms with van der Waals surface area (Å²) in [5, 5.41) is 13.6. The fourth-order valence-electron chi connectivity index (χ4n) is 3.69. The van der Waals surface area contributed by atoms with E-state index < -0.39 is 0 Å². The van der Waals surface area contributed by atoms with E-state index in [1.807, 2.05) is 0 Å². The van der Waals surface area contributed by atoms with E-state index in [2.05, 4.69) is 41.4 Å². The zero-order valence-electron chi connectivity index (χ0n) is 11.7. The summed E-state index contributed by atoms with van der Waals surface area (Å²) in [6.45, 7) is 4.64. The zero-order valence-corrected chi connectivity index (χ0v) is 11.7. The van der Waals surface area contributed by atoms with Crippen molar-refractivity contribution < 1.29 is 5.11 Å². The molecule has 2 heterocycles. The van der Waals surface area contributed by atoms with Crippen molar-refractivity contribution in [1.29, 1.82) is 0 Å². The van der Waals surface area contributed by atoms with E-state index in [4.69, 9.17) is 0 Å². The van der Waals surface area contributed by atoms with Gasteiger partial charge in [-0.2, -0.15) is 0 Å². The van der Waals surface area contributed by atoms with Crippen molar-refractivity contribution in [3.05, 3.63) is 29.8 Å². The highest BCUT2D eigenvalue weighted by Gasteiger charge is 2.47. The van der Waals surface area contributed by atoms with Gasteiger partial charge in [0.2, 0.25) is 0 Å². The summed E-state index contributed by atoms with van der Waals surface area (Å²) in [4.78, 5) is 2.56. The molecule has 2 saturated heterocycles. The lowest BCUT2D eigenvalue weighted by molar-refractivity contribution is 0.123. The Balaban J connectivity index is 1.81. The Morgan fingerprint density at radius 1 is 1.26 bits per heavy atom. The first-order chi connectivity index (χ1) is 9.23. The van der Waals surface area contributed by atoms with E-state index in [0.717, 1.165) is 18.7 Å². The molecule has 3 heteroatoms. The zero-order chi connectivity index (χ0) is 13.3. The van der Waals surface area contributed by atoms with Crippen LogP contribution in [-0.2, 0) is 0 Å². The molecule has 0 spiro atoms. The van der Waals surface area contributed by atoms with Gasteiger partial charge in [0.05, 0.1) is 12.1 Å². The number of benzene rings is 1. The quantitative estimate of drug-likeness (QED) is 0.876. The number of fused-ring (bicyclic) bond motifs is 1. The maximum Gasteiger partial charge on any atom is 0.0770 e. The predicted molar refractivity (Wildman–Crippen MR) is 78.4 cm³/mol. The average molecular weight is 260 g/mol. The smallest absolute Gasteiger partial charge is 0.0770 e. The molecule has 1 aromatic rings. The molecule has 2 aliphatic rings. The number of hydrogen-bond donors (Lipinski definition) is 2. The van der Waals surface area contributed by atoms with Crippen LogP contribution in [0.5, 0.6) is 0 Å². The second kappa shape index (κ2) is 5.14. The van der Waals surface area contributed by atoms with E-state index >= 15 is 0 Å². The third-order valence-corrected chi connectivity index (χ3v) is 4.82. The SMILES string of the molecule is Cc1ccc(NC2(CO)CCN3CCCCC32)cc1. The number of aryl methyl sites for hydroxylation is 1. The maximum atomic E-state index is 9.98. The Kier molecular flexibility index (Phi) is 3.50. The van der Waals surface area contributed by atoms with Gasteiger partial charge >= 0.3 is 0 Å². The van der Waals surface area contributed by atoms with Gasteiger partial charge in [0.1, 0.15) is 0 Å². The second-order valence-electron chi connectivity index (χ2n) is 6.10. The van der Waals surface area contributed by atoms with E-state index in [-0.39, 0.29) is 12.1 Å². The Labute approximate surface area is 115 Å². The molecule has 104 valence electrons. The second-order valence-corrected chi connectivity index (χ2v) is 6.10. The standard InChI is InChI=1S/C16H24N2O/c1-13-5-7-14(8-6-13)17-16(12-19)9-11-18-10-3-2-4-15(16)18/h5-8,15,17,19H,2-4,9-12H2,1H3. The number of piperidine rings is 1. The molecular weight excluding hydrogens is 236 g/mol. The molecule has 2 aliphatic heterocycles. The first-order valence-electron chi connectivity index (χ1n) is 7.43. The van der Waals surface area contributed by atoms with Crippen molar-refractivity contribution in [3.63, 3.8) is 0 Å². The van der Waals surface area contributed by atoms with E-state index in [9.17, 15) is 5.11 Å². The Bertz CT molecular complexity index is 431. The number of rotatable bonds is 3. The van der Waals surface area contributed by atoms with Crippen LogP contribution in [0.3, 0.4) is 0 Å². The van der Waals surface area contributed by atoms with Gasteiger partial charge in [0, 0.05) is 18.3 Å². The van der Waals surface area contributed by atoms with Crippen molar-refractivity contribution in [1.82, 2.24) is 4.90 Å². The highest BCUT2D eigenvalue weighted by atomic mass is 16.3. The van der Waals surface area contributed by atoms with E-state index in [0.29, 0.717) is 6.04 Å². The van der Waals surface area contributed by atoms with Crippen LogP contribution in [0.15, 0.2) is 24.3 Å². The molecule has 0 radical (unpaired) electrons. The Morgan fingerprint density at radius 2 is 2.05 bits per heavy atom. The highest BCUT2D eigenvalue weighted by molar-refractivity contribution is 5.48. The van der Waals surface area contributed by atoms with Crippen molar-refractivity contribution in [3.8, 4) is 0 Å². The minimum atomic E-state index is -0.143. The largest absolute Gasteiger partial charge is 0.394 e. The Hall–Kier alpha value is -1.06. The molecule has 0 aliphatic carbocycles. The highest BCUT2D eigenvalue weighted by Crippen LogP contribution is 2.37. The summed E-state index contributed by atoms with van der Waals surface area (Å²) in [6, 6.07) is 8.99. The summed E-state index contributed by atoms with van der Waals surface area (Å²) in [7, 11) is 0. The van der Waals surface area contributed by atoms with Gasteiger partial charge in [-0.05, 0) is 44.9 Å². The third-order valence-electron chi connectivity index (χ3n) is 4.82. The summed E-state index contributed by atoms with van der Waals surface area (Å²) in [5.74, 6) is 0. The van der Waals surface area contributed by atoms with Gasteiger partial charge in [-0.15, -0.1) is 0 Å². The molecule has 3 rings (SSSR count). The van der Waals surface area contributed by atoms with Crippen LogP contribution in [-0.4, -0.2) is 41.3 Å². The van der Waals surface area contributed by atoms with Crippen LogP contribution in [0.1, 0.15) is 31.2 Å². The summed E-state index contributed by atoms with van der Waals surface area (Å²) in [6.07, 6.45) is 4.85. The fourth-order valence-corrected chi connectivity index (χ4v) is 3.69. The summed E-state index contributed by atoms with van der Waals surface area (Å²) < 4.78 is 0. The molecule has 0 amide bonds. The van der Waals surface area contributed by atoms with Crippen molar-refractivity contribution in [2.75, 3.05) is 25.0 Å². The molecule has 0 bridgehead atoms. The van der Waals surface area contributed by atoms with Crippen molar-refractivity contribution in [2.45, 2.75) is 44.2 Å². The van der Waals surface area contributed by atoms with Crippen LogP contribution in [0.4, 0.5) is 5.69 Å². The minimum Gasteiger partial charge on any atom is -0.394 e. The summed E-state index contributed by atoms with van der Waals surface area (Å²) >= 11 is 0. The number of nitrogens with zero attached hydrogens (tertiary/aromatic N) is 1. The number of aliphatic hydroxyl groups excluding tert-OH is 1. The molecular formula is C16H24N2O. The third kappa shape index (κ3) is 2.37. The lowest BCUT2D eigenvalue weighted by atomic mass is 9.85. The van der Waals surface area contributed by atoms with Gasteiger partial charge in [0.25, 0.3) is 0 Å². The topological polar surface area (TPSA) is 35.5 Å². The molecule has 3 nitrogen and oxygen atoms in total. The van der Waals surface area contributed by atoms with Gasteiger partial charge in [0.15, 0.2) is 0 Å². The predicted octanol–water partition coefficient (Wildman–Crippen LogP) is 2.40. The fraction of sp³-hybridized carbons (Fsp3) is 0.625. The number of hydrogen-bond acceptors (Lipinski definition) is 3. The molecule has 0 aromatic heterocycles. The number of aliphatic hydroxyl groups is 1.